The van der Waals surface area contributed by atoms with Gasteiger partial charge in [-0.1, -0.05) is 13.8 Å². The third-order valence-corrected chi connectivity index (χ3v) is 4.52. The molecule has 0 aromatic rings. The van der Waals surface area contributed by atoms with Crippen LogP contribution in [-0.2, 0) is 4.74 Å². The van der Waals surface area contributed by atoms with Crippen LogP contribution in [0.1, 0.15) is 46.0 Å². The van der Waals surface area contributed by atoms with E-state index >= 15 is 0 Å². The van der Waals surface area contributed by atoms with Gasteiger partial charge in [-0.05, 0) is 32.1 Å². The van der Waals surface area contributed by atoms with Crippen LogP contribution in [-0.4, -0.2) is 60.5 Å². The first-order chi connectivity index (χ1) is 9.10. The van der Waals surface area contributed by atoms with Gasteiger partial charge >= 0.3 is 0 Å². The molecule has 0 aromatic carbocycles. The fourth-order valence-electron chi connectivity index (χ4n) is 3.58. The maximum absolute atomic E-state index is 9.79. The smallest absolute Gasteiger partial charge is 0.0614 e. The van der Waals surface area contributed by atoms with E-state index in [4.69, 9.17) is 4.74 Å². The summed E-state index contributed by atoms with van der Waals surface area (Å²) in [6.07, 6.45) is 6.03. The predicted molar refractivity (Wildman–Crippen MR) is 77.3 cm³/mol. The zero-order valence-corrected chi connectivity index (χ0v) is 12.7. The average Bonchev–Trinajstić information content (AvgIpc) is 3.12. The van der Waals surface area contributed by atoms with Crippen LogP contribution < -0.4 is 5.32 Å². The van der Waals surface area contributed by atoms with Crippen molar-refractivity contribution in [1.82, 2.24) is 10.2 Å². The number of rotatable bonds is 8. The molecule has 4 nitrogen and oxygen atoms in total. The molecule has 0 amide bonds. The van der Waals surface area contributed by atoms with E-state index in [1.54, 1.807) is 7.11 Å². The third-order valence-electron chi connectivity index (χ3n) is 4.52. The third kappa shape index (κ3) is 3.91. The second-order valence-corrected chi connectivity index (χ2v) is 6.60. The largest absolute Gasteiger partial charge is 0.394 e. The molecule has 2 fully saturated rings. The number of aliphatic hydroxyl groups excluding tert-OH is 1. The lowest BCUT2D eigenvalue weighted by Gasteiger charge is -2.34. The van der Waals surface area contributed by atoms with Gasteiger partial charge in [0.1, 0.15) is 0 Å². The van der Waals surface area contributed by atoms with E-state index in [0.717, 1.165) is 32.0 Å². The lowest BCUT2D eigenvalue weighted by atomic mass is 9.97. The van der Waals surface area contributed by atoms with Gasteiger partial charge in [0.25, 0.3) is 0 Å². The number of aliphatic hydroxyl groups is 1. The summed E-state index contributed by atoms with van der Waals surface area (Å²) < 4.78 is 5.25. The highest BCUT2D eigenvalue weighted by Gasteiger charge is 2.44. The summed E-state index contributed by atoms with van der Waals surface area (Å²) in [6, 6.07) is 1.81. The van der Waals surface area contributed by atoms with Crippen molar-refractivity contribution < 1.29 is 9.84 Å². The molecule has 0 radical (unpaired) electrons. The molecule has 0 bridgehead atoms. The van der Waals surface area contributed by atoms with Crippen LogP contribution in [0.3, 0.4) is 0 Å². The normalized spacial score (nSPS) is 31.6. The van der Waals surface area contributed by atoms with Crippen LogP contribution >= 0.6 is 0 Å². The monoisotopic (exact) mass is 270 g/mol. The number of hydrogen-bond donors (Lipinski definition) is 2. The van der Waals surface area contributed by atoms with Gasteiger partial charge in [0, 0.05) is 37.3 Å². The van der Waals surface area contributed by atoms with E-state index in [1.165, 1.54) is 19.3 Å². The molecule has 112 valence electrons. The molecule has 2 aliphatic rings. The van der Waals surface area contributed by atoms with Crippen LogP contribution in [0.25, 0.3) is 0 Å². The second-order valence-electron chi connectivity index (χ2n) is 6.60. The van der Waals surface area contributed by atoms with Crippen molar-refractivity contribution in [2.24, 2.45) is 0 Å². The van der Waals surface area contributed by atoms with E-state index in [-0.39, 0.29) is 12.1 Å². The Morgan fingerprint density at radius 2 is 2.05 bits per heavy atom. The van der Waals surface area contributed by atoms with Gasteiger partial charge < -0.3 is 15.2 Å². The van der Waals surface area contributed by atoms with Gasteiger partial charge in [0.15, 0.2) is 0 Å². The summed E-state index contributed by atoms with van der Waals surface area (Å²) in [5.74, 6) is 0. The minimum absolute atomic E-state index is 0.0565. The molecule has 0 aliphatic heterocycles. The Morgan fingerprint density at radius 3 is 2.58 bits per heavy atom. The first-order valence-electron chi connectivity index (χ1n) is 7.73. The Bertz CT molecular complexity index is 281. The minimum Gasteiger partial charge on any atom is -0.394 e. The highest BCUT2D eigenvalue weighted by atomic mass is 16.5. The SMILES string of the molecule is COCCN(C1CC1)C1CCC(CO)(NC(C)C)C1. The number of nitrogens with one attached hydrogen (secondary N) is 1. The number of hydrogen-bond acceptors (Lipinski definition) is 4. The lowest BCUT2D eigenvalue weighted by molar-refractivity contribution is 0.102. The van der Waals surface area contributed by atoms with E-state index in [9.17, 15) is 5.11 Å². The van der Waals surface area contributed by atoms with Gasteiger partial charge in [0.2, 0.25) is 0 Å². The van der Waals surface area contributed by atoms with Crippen LogP contribution in [0.4, 0.5) is 0 Å². The standard InChI is InChI=1S/C15H30N2O2/c1-12(2)16-15(11-18)7-6-14(10-15)17(8-9-19-3)13-4-5-13/h12-14,16,18H,4-11H2,1-3H3. The molecular weight excluding hydrogens is 240 g/mol. The predicted octanol–water partition coefficient (Wildman–Crippen LogP) is 1.38. The quantitative estimate of drug-likeness (QED) is 0.699. The summed E-state index contributed by atoms with van der Waals surface area (Å²) in [7, 11) is 1.78. The topological polar surface area (TPSA) is 44.7 Å². The Balaban J connectivity index is 1.94. The summed E-state index contributed by atoms with van der Waals surface area (Å²) in [6.45, 7) is 6.43. The lowest BCUT2D eigenvalue weighted by Crippen LogP contribution is -2.51. The van der Waals surface area contributed by atoms with Gasteiger partial charge in [-0.15, -0.1) is 0 Å². The summed E-state index contributed by atoms with van der Waals surface area (Å²) in [4.78, 5) is 2.63. The van der Waals surface area contributed by atoms with E-state index in [0.29, 0.717) is 12.1 Å². The fraction of sp³-hybridized carbons (Fsp3) is 1.00. The van der Waals surface area contributed by atoms with Crippen LogP contribution in [0.15, 0.2) is 0 Å². The second kappa shape index (κ2) is 6.53. The molecule has 0 heterocycles. The Labute approximate surface area is 117 Å². The van der Waals surface area contributed by atoms with E-state index < -0.39 is 0 Å². The van der Waals surface area contributed by atoms with E-state index in [1.807, 2.05) is 0 Å². The van der Waals surface area contributed by atoms with Crippen LogP contribution in [0.5, 0.6) is 0 Å². The van der Waals surface area contributed by atoms with Gasteiger partial charge in [-0.25, -0.2) is 0 Å². The Hall–Kier alpha value is -0.160. The molecule has 0 spiro atoms. The fourth-order valence-corrected chi connectivity index (χ4v) is 3.58. The molecule has 2 saturated carbocycles. The Morgan fingerprint density at radius 1 is 1.32 bits per heavy atom. The average molecular weight is 270 g/mol. The van der Waals surface area contributed by atoms with Crippen molar-refractivity contribution in [3.05, 3.63) is 0 Å². The van der Waals surface area contributed by atoms with E-state index in [2.05, 4.69) is 24.1 Å². The van der Waals surface area contributed by atoms with Gasteiger partial charge in [0.05, 0.1) is 13.2 Å². The van der Waals surface area contributed by atoms with Gasteiger partial charge in [-0.2, -0.15) is 0 Å². The minimum atomic E-state index is -0.0565. The zero-order valence-electron chi connectivity index (χ0n) is 12.7. The molecule has 2 atom stereocenters. The molecule has 2 unspecified atom stereocenters. The number of nitrogens with zero attached hydrogens (tertiary/aromatic N) is 1. The van der Waals surface area contributed by atoms with Crippen molar-refractivity contribution in [3.8, 4) is 0 Å². The molecule has 0 saturated heterocycles. The molecular formula is C15H30N2O2. The molecule has 4 heteroatoms. The maximum atomic E-state index is 9.79. The van der Waals surface area contributed by atoms with Crippen molar-refractivity contribution >= 4 is 0 Å². The van der Waals surface area contributed by atoms with Crippen molar-refractivity contribution in [2.45, 2.75) is 69.6 Å². The van der Waals surface area contributed by atoms with Gasteiger partial charge in [-0.3, -0.25) is 4.90 Å². The maximum Gasteiger partial charge on any atom is 0.0614 e. The summed E-state index contributed by atoms with van der Waals surface area (Å²) >= 11 is 0. The van der Waals surface area contributed by atoms with Crippen molar-refractivity contribution in [2.75, 3.05) is 26.9 Å². The first-order valence-corrected chi connectivity index (χ1v) is 7.73. The molecule has 2 aliphatic carbocycles. The molecule has 19 heavy (non-hydrogen) atoms. The van der Waals surface area contributed by atoms with Crippen molar-refractivity contribution in [3.63, 3.8) is 0 Å². The number of ether oxygens (including phenoxy) is 1. The molecule has 0 aromatic heterocycles. The highest BCUT2D eigenvalue weighted by molar-refractivity contribution is 5.02. The van der Waals surface area contributed by atoms with Crippen LogP contribution in [0, 0.1) is 0 Å². The summed E-state index contributed by atoms with van der Waals surface area (Å²) in [5, 5.41) is 13.4. The summed E-state index contributed by atoms with van der Waals surface area (Å²) in [5.41, 5.74) is -0.0565. The zero-order chi connectivity index (χ0) is 13.9. The highest BCUT2D eigenvalue weighted by Crippen LogP contribution is 2.38. The first kappa shape index (κ1) is 15.2. The Kier molecular flexibility index (Phi) is 5.23. The number of methoxy groups -OCH3 is 1. The van der Waals surface area contributed by atoms with Crippen molar-refractivity contribution in [1.29, 1.82) is 0 Å². The van der Waals surface area contributed by atoms with Crippen LogP contribution in [0.2, 0.25) is 0 Å². The molecule has 2 N–H and O–H groups in total. The molecule has 2 rings (SSSR count).